The highest BCUT2D eigenvalue weighted by Gasteiger charge is 2.27. The largest absolute Gasteiger partial charge is 0.461 e. The molecule has 1 aromatic rings. The summed E-state index contributed by atoms with van der Waals surface area (Å²) in [5.74, 6) is -0.154. The maximum absolute atomic E-state index is 12.1. The third-order valence-corrected chi connectivity index (χ3v) is 4.37. The lowest BCUT2D eigenvalue weighted by Crippen LogP contribution is -2.41. The van der Waals surface area contributed by atoms with Gasteiger partial charge in [-0.05, 0) is 36.9 Å². The predicted octanol–water partition coefficient (Wildman–Crippen LogP) is 3.49. The summed E-state index contributed by atoms with van der Waals surface area (Å²) < 4.78 is 5.41. The second kappa shape index (κ2) is 7.08. The van der Waals surface area contributed by atoms with Crippen LogP contribution in [0.25, 0.3) is 0 Å². The van der Waals surface area contributed by atoms with Gasteiger partial charge >= 0.3 is 5.97 Å². The summed E-state index contributed by atoms with van der Waals surface area (Å²) in [4.78, 5) is 14.5. The summed E-state index contributed by atoms with van der Waals surface area (Å²) >= 11 is 0. The molecule has 1 aliphatic heterocycles. The monoisotopic (exact) mass is 289 g/mol. The number of ether oxygens (including phenoxy) is 1. The van der Waals surface area contributed by atoms with E-state index in [0.29, 0.717) is 12.0 Å². The molecule has 1 heterocycles. The fraction of sp³-hybridized carbons (Fsp3) is 0.611. The molecular formula is C18H27NO2. The van der Waals surface area contributed by atoms with Gasteiger partial charge in [-0.1, -0.05) is 51.1 Å². The minimum Gasteiger partial charge on any atom is -0.461 e. The molecule has 116 valence electrons. The van der Waals surface area contributed by atoms with Crippen molar-refractivity contribution in [2.45, 2.75) is 40.2 Å². The van der Waals surface area contributed by atoms with Gasteiger partial charge in [0.05, 0.1) is 5.92 Å². The summed E-state index contributed by atoms with van der Waals surface area (Å²) in [5.41, 5.74) is 1.49. The zero-order valence-electron chi connectivity index (χ0n) is 13.5. The van der Waals surface area contributed by atoms with Crippen molar-refractivity contribution < 1.29 is 9.53 Å². The van der Waals surface area contributed by atoms with Gasteiger partial charge in [0.25, 0.3) is 0 Å². The first-order chi connectivity index (χ1) is 9.96. The van der Waals surface area contributed by atoms with Gasteiger partial charge in [0, 0.05) is 6.54 Å². The smallest absolute Gasteiger partial charge is 0.310 e. The van der Waals surface area contributed by atoms with Crippen molar-refractivity contribution in [3.8, 4) is 0 Å². The van der Waals surface area contributed by atoms with Crippen molar-refractivity contribution in [1.29, 1.82) is 0 Å². The molecule has 0 amide bonds. The topological polar surface area (TPSA) is 29.5 Å². The lowest BCUT2D eigenvalue weighted by atomic mass is 9.82. The molecule has 1 aliphatic rings. The molecule has 0 N–H and O–H groups in total. The van der Waals surface area contributed by atoms with Crippen LogP contribution < -0.4 is 0 Å². The summed E-state index contributed by atoms with van der Waals surface area (Å²) in [5, 5.41) is 0. The first kappa shape index (κ1) is 16.0. The van der Waals surface area contributed by atoms with Gasteiger partial charge in [0.2, 0.25) is 0 Å². The highest BCUT2D eigenvalue weighted by molar-refractivity contribution is 5.72. The van der Waals surface area contributed by atoms with Gasteiger partial charge in [-0.15, -0.1) is 0 Å². The van der Waals surface area contributed by atoms with E-state index in [9.17, 15) is 4.79 Å². The van der Waals surface area contributed by atoms with Gasteiger partial charge in [0.15, 0.2) is 0 Å². The van der Waals surface area contributed by atoms with Gasteiger partial charge in [-0.3, -0.25) is 4.79 Å². The van der Waals surface area contributed by atoms with E-state index in [1.54, 1.807) is 0 Å². The molecule has 0 saturated carbocycles. The molecule has 0 bridgehead atoms. The number of nitrogens with zero attached hydrogens (tertiary/aromatic N) is 1. The zero-order chi connectivity index (χ0) is 15.3. The van der Waals surface area contributed by atoms with E-state index >= 15 is 0 Å². The number of benzene rings is 1. The van der Waals surface area contributed by atoms with Crippen LogP contribution >= 0.6 is 0 Å². The first-order valence-corrected chi connectivity index (χ1v) is 7.89. The average Bonchev–Trinajstić information content (AvgIpc) is 2.48. The Morgan fingerprint density at radius 1 is 1.24 bits per heavy atom. The Bertz CT molecular complexity index is 446. The molecule has 1 saturated heterocycles. The molecule has 0 spiro atoms. The third-order valence-electron chi connectivity index (χ3n) is 4.37. The predicted molar refractivity (Wildman–Crippen MR) is 84.9 cm³/mol. The second-order valence-electron chi connectivity index (χ2n) is 6.96. The first-order valence-electron chi connectivity index (χ1n) is 7.89. The third kappa shape index (κ3) is 5.16. The van der Waals surface area contributed by atoms with Crippen molar-refractivity contribution in [2.75, 3.05) is 19.6 Å². The summed E-state index contributed by atoms with van der Waals surface area (Å²) in [6.45, 7) is 9.96. The molecule has 0 aromatic heterocycles. The molecule has 2 rings (SSSR count). The SMILES string of the molecule is CC(CN1CCC(C)(C)CC1)C(=O)OCc1ccccc1. The summed E-state index contributed by atoms with van der Waals surface area (Å²) in [6, 6.07) is 9.84. The Morgan fingerprint density at radius 3 is 2.48 bits per heavy atom. The molecular weight excluding hydrogens is 262 g/mol. The van der Waals surface area contributed by atoms with Crippen LogP contribution in [0.5, 0.6) is 0 Å². The van der Waals surface area contributed by atoms with Crippen LogP contribution in [0.2, 0.25) is 0 Å². The van der Waals surface area contributed by atoms with Crippen molar-refractivity contribution in [3.63, 3.8) is 0 Å². The summed E-state index contributed by atoms with van der Waals surface area (Å²) in [6.07, 6.45) is 2.41. The minimum absolute atomic E-state index is 0.0603. The highest BCUT2D eigenvalue weighted by atomic mass is 16.5. The van der Waals surface area contributed by atoms with Crippen molar-refractivity contribution >= 4 is 5.97 Å². The van der Waals surface area contributed by atoms with Crippen LogP contribution in [-0.4, -0.2) is 30.5 Å². The van der Waals surface area contributed by atoms with E-state index in [-0.39, 0.29) is 11.9 Å². The van der Waals surface area contributed by atoms with Crippen molar-refractivity contribution in [3.05, 3.63) is 35.9 Å². The van der Waals surface area contributed by atoms with E-state index in [0.717, 1.165) is 25.2 Å². The van der Waals surface area contributed by atoms with E-state index in [2.05, 4.69) is 18.7 Å². The number of carbonyl (C=O) groups is 1. The number of likely N-dealkylation sites (tertiary alicyclic amines) is 1. The number of carbonyl (C=O) groups excluding carboxylic acids is 1. The van der Waals surface area contributed by atoms with Crippen LogP contribution in [-0.2, 0) is 16.1 Å². The molecule has 1 aromatic carbocycles. The lowest BCUT2D eigenvalue weighted by molar-refractivity contribution is -0.150. The Morgan fingerprint density at radius 2 is 1.86 bits per heavy atom. The second-order valence-corrected chi connectivity index (χ2v) is 6.96. The highest BCUT2D eigenvalue weighted by Crippen LogP contribution is 2.29. The van der Waals surface area contributed by atoms with Crippen LogP contribution in [0, 0.1) is 11.3 Å². The lowest BCUT2D eigenvalue weighted by Gasteiger charge is -2.37. The molecule has 0 radical (unpaired) electrons. The quantitative estimate of drug-likeness (QED) is 0.777. The number of piperidine rings is 1. The Balaban J connectivity index is 1.73. The molecule has 3 nitrogen and oxygen atoms in total. The average molecular weight is 289 g/mol. The Kier molecular flexibility index (Phi) is 5.40. The van der Waals surface area contributed by atoms with Crippen molar-refractivity contribution in [1.82, 2.24) is 4.90 Å². The van der Waals surface area contributed by atoms with Crippen molar-refractivity contribution in [2.24, 2.45) is 11.3 Å². The molecule has 1 atom stereocenters. The van der Waals surface area contributed by atoms with E-state index in [4.69, 9.17) is 4.74 Å². The van der Waals surface area contributed by atoms with Crippen LogP contribution in [0.3, 0.4) is 0 Å². The normalized spacial score (nSPS) is 20.0. The standard InChI is InChI=1S/C18H27NO2/c1-15(13-19-11-9-18(2,3)10-12-19)17(20)21-14-16-7-5-4-6-8-16/h4-8,15H,9-14H2,1-3H3. The fourth-order valence-corrected chi connectivity index (χ4v) is 2.67. The van der Waals surface area contributed by atoms with Gasteiger partial charge in [-0.25, -0.2) is 0 Å². The molecule has 21 heavy (non-hydrogen) atoms. The van der Waals surface area contributed by atoms with Gasteiger partial charge < -0.3 is 9.64 Å². The maximum atomic E-state index is 12.1. The minimum atomic E-state index is -0.0938. The Labute approximate surface area is 128 Å². The maximum Gasteiger partial charge on any atom is 0.310 e. The number of hydrogen-bond acceptors (Lipinski definition) is 3. The van der Waals surface area contributed by atoms with Gasteiger partial charge in [0.1, 0.15) is 6.61 Å². The van der Waals surface area contributed by atoms with E-state index < -0.39 is 0 Å². The Hall–Kier alpha value is -1.35. The van der Waals surface area contributed by atoms with E-state index in [1.165, 1.54) is 12.8 Å². The molecule has 1 fully saturated rings. The van der Waals surface area contributed by atoms with Crippen LogP contribution in [0.4, 0.5) is 0 Å². The molecule has 0 aliphatic carbocycles. The fourth-order valence-electron chi connectivity index (χ4n) is 2.67. The van der Waals surface area contributed by atoms with E-state index in [1.807, 2.05) is 37.3 Å². The summed E-state index contributed by atoms with van der Waals surface area (Å²) in [7, 11) is 0. The molecule has 3 heteroatoms. The van der Waals surface area contributed by atoms with Crippen LogP contribution in [0.15, 0.2) is 30.3 Å². The zero-order valence-corrected chi connectivity index (χ0v) is 13.5. The number of esters is 1. The number of hydrogen-bond donors (Lipinski definition) is 0. The molecule has 1 unspecified atom stereocenters. The van der Waals surface area contributed by atoms with Crippen LogP contribution in [0.1, 0.15) is 39.2 Å². The number of rotatable bonds is 5. The van der Waals surface area contributed by atoms with Gasteiger partial charge in [-0.2, -0.15) is 0 Å².